The molecule has 0 saturated carbocycles. The molecule has 1 amide bonds. The first kappa shape index (κ1) is 25.8. The van der Waals surface area contributed by atoms with Crippen LogP contribution >= 0.6 is 0 Å². The lowest BCUT2D eigenvalue weighted by Gasteiger charge is -2.29. The molecule has 3 heterocycles. The first-order valence-corrected chi connectivity index (χ1v) is 12.7. The molecule has 38 heavy (non-hydrogen) atoms. The maximum atomic E-state index is 13.7. The minimum absolute atomic E-state index is 0.0233. The van der Waals surface area contributed by atoms with Crippen LogP contribution in [0, 0.1) is 6.92 Å². The van der Waals surface area contributed by atoms with E-state index < -0.39 is 17.6 Å². The van der Waals surface area contributed by atoms with Gasteiger partial charge in [-0.3, -0.25) is 9.78 Å². The van der Waals surface area contributed by atoms with Crippen LogP contribution in [0.5, 0.6) is 0 Å². The topological polar surface area (TPSA) is 57.7 Å². The average molecular weight is 523 g/mol. The Bertz CT molecular complexity index is 1320. The van der Waals surface area contributed by atoms with Gasteiger partial charge < -0.3 is 15.1 Å². The van der Waals surface area contributed by atoms with E-state index in [0.717, 1.165) is 48.1 Å². The number of hydrogen-bond acceptors (Lipinski definition) is 5. The highest BCUT2D eigenvalue weighted by Gasteiger charge is 2.33. The zero-order chi connectivity index (χ0) is 26.7. The lowest BCUT2D eigenvalue weighted by molar-refractivity contribution is -0.137. The zero-order valence-corrected chi connectivity index (χ0v) is 21.0. The van der Waals surface area contributed by atoms with Gasteiger partial charge in [-0.25, -0.2) is 0 Å². The highest BCUT2D eigenvalue weighted by molar-refractivity contribution is 6.05. The molecular weight excluding hydrogens is 493 g/mol. The van der Waals surface area contributed by atoms with Crippen LogP contribution in [0.3, 0.4) is 0 Å². The Kier molecular flexibility index (Phi) is 7.37. The second-order valence-corrected chi connectivity index (χ2v) is 9.65. The quantitative estimate of drug-likeness (QED) is 0.393. The number of carbonyl (C=O) groups excluding carboxylic acids is 1. The minimum Gasteiger partial charge on any atom is -0.413 e. The SMILES string of the molecule is Cc1ccc(NC(=O)c2cc(N3CCCCC3)cc(C(F)(F)F)c2)cc1C1C=CON1Cc1cccnc1. The molecule has 2 aliphatic rings. The van der Waals surface area contributed by atoms with E-state index in [2.05, 4.69) is 10.3 Å². The Balaban J connectivity index is 1.38. The number of amides is 1. The van der Waals surface area contributed by atoms with Crippen molar-refractivity contribution in [1.29, 1.82) is 0 Å². The fourth-order valence-electron chi connectivity index (χ4n) is 4.90. The van der Waals surface area contributed by atoms with Gasteiger partial charge in [-0.2, -0.15) is 13.2 Å². The van der Waals surface area contributed by atoms with E-state index in [-0.39, 0.29) is 11.6 Å². The minimum atomic E-state index is -4.55. The normalized spacial score (nSPS) is 17.9. The molecule has 5 rings (SSSR count). The Morgan fingerprint density at radius 2 is 1.92 bits per heavy atom. The van der Waals surface area contributed by atoms with Gasteiger partial charge >= 0.3 is 6.18 Å². The first-order chi connectivity index (χ1) is 18.3. The highest BCUT2D eigenvalue weighted by atomic mass is 19.4. The number of aryl methyl sites for hydroxylation is 1. The van der Waals surface area contributed by atoms with Gasteiger partial charge in [0.2, 0.25) is 0 Å². The van der Waals surface area contributed by atoms with Crippen molar-refractivity contribution >= 4 is 17.3 Å². The van der Waals surface area contributed by atoms with Crippen LogP contribution < -0.4 is 10.2 Å². The highest BCUT2D eigenvalue weighted by Crippen LogP contribution is 2.35. The molecule has 6 nitrogen and oxygen atoms in total. The van der Waals surface area contributed by atoms with Crippen molar-refractivity contribution in [1.82, 2.24) is 10.0 Å². The van der Waals surface area contributed by atoms with Crippen LogP contribution in [0.2, 0.25) is 0 Å². The molecule has 9 heteroatoms. The molecule has 2 aliphatic heterocycles. The van der Waals surface area contributed by atoms with Crippen molar-refractivity contribution < 1.29 is 22.8 Å². The number of pyridine rings is 1. The van der Waals surface area contributed by atoms with E-state index in [0.29, 0.717) is 31.0 Å². The van der Waals surface area contributed by atoms with Gasteiger partial charge in [0.15, 0.2) is 0 Å². The van der Waals surface area contributed by atoms with Crippen LogP contribution in [0.15, 0.2) is 73.3 Å². The number of carbonyl (C=O) groups is 1. The lowest BCUT2D eigenvalue weighted by Crippen LogP contribution is -2.30. The number of anilines is 2. The van der Waals surface area contributed by atoms with Crippen molar-refractivity contribution in [3.05, 3.63) is 101 Å². The summed E-state index contributed by atoms with van der Waals surface area (Å²) in [5.74, 6) is -0.588. The van der Waals surface area contributed by atoms with E-state index in [1.54, 1.807) is 30.8 Å². The summed E-state index contributed by atoms with van der Waals surface area (Å²) in [7, 11) is 0. The number of halogens is 3. The van der Waals surface area contributed by atoms with Gasteiger partial charge in [-0.15, -0.1) is 5.06 Å². The second kappa shape index (κ2) is 10.9. The zero-order valence-electron chi connectivity index (χ0n) is 21.0. The predicted octanol–water partition coefficient (Wildman–Crippen LogP) is 6.65. The van der Waals surface area contributed by atoms with E-state index >= 15 is 0 Å². The Morgan fingerprint density at radius 1 is 1.11 bits per heavy atom. The molecule has 1 atom stereocenters. The number of piperidine rings is 1. The summed E-state index contributed by atoms with van der Waals surface area (Å²) in [6.45, 7) is 3.82. The largest absolute Gasteiger partial charge is 0.416 e. The van der Waals surface area contributed by atoms with Crippen LogP contribution in [0.1, 0.15) is 57.9 Å². The molecule has 1 saturated heterocycles. The molecule has 1 fully saturated rings. The maximum Gasteiger partial charge on any atom is 0.416 e. The van der Waals surface area contributed by atoms with Crippen LogP contribution in [-0.4, -0.2) is 29.0 Å². The van der Waals surface area contributed by atoms with Crippen LogP contribution in [0.25, 0.3) is 0 Å². The molecule has 3 aromatic rings. The summed E-state index contributed by atoms with van der Waals surface area (Å²) >= 11 is 0. The van der Waals surface area contributed by atoms with Gasteiger partial charge in [-0.1, -0.05) is 12.1 Å². The number of benzene rings is 2. The number of hydroxylamine groups is 2. The molecule has 0 spiro atoms. The van der Waals surface area contributed by atoms with Crippen molar-refractivity contribution in [3.8, 4) is 0 Å². The summed E-state index contributed by atoms with van der Waals surface area (Å²) < 4.78 is 41.1. The van der Waals surface area contributed by atoms with E-state index in [1.807, 2.05) is 47.2 Å². The number of nitrogens with zero attached hydrogens (tertiary/aromatic N) is 3. The summed E-state index contributed by atoms with van der Waals surface area (Å²) in [6.07, 6.45) is 5.36. The Labute approximate surface area is 219 Å². The van der Waals surface area contributed by atoms with Crippen LogP contribution in [0.4, 0.5) is 24.5 Å². The smallest absolute Gasteiger partial charge is 0.413 e. The van der Waals surface area contributed by atoms with Crippen molar-refractivity contribution in [2.45, 2.75) is 44.9 Å². The first-order valence-electron chi connectivity index (χ1n) is 12.7. The molecule has 0 aliphatic carbocycles. The summed E-state index contributed by atoms with van der Waals surface area (Å²) in [6, 6.07) is 12.7. The molecule has 1 N–H and O–H groups in total. The molecular formula is C29H29F3N4O2. The number of rotatable bonds is 6. The Hall–Kier alpha value is -3.85. The summed E-state index contributed by atoms with van der Waals surface area (Å²) in [5.41, 5.74) is 2.96. The number of hydrogen-bond donors (Lipinski definition) is 1. The number of nitrogens with one attached hydrogen (secondary N) is 1. The Morgan fingerprint density at radius 3 is 2.66 bits per heavy atom. The monoisotopic (exact) mass is 522 g/mol. The molecule has 1 aromatic heterocycles. The van der Waals surface area contributed by atoms with Gasteiger partial charge in [-0.05, 0) is 85.4 Å². The number of alkyl halides is 3. The van der Waals surface area contributed by atoms with Gasteiger partial charge in [0, 0.05) is 42.4 Å². The van der Waals surface area contributed by atoms with Crippen molar-refractivity contribution in [2.24, 2.45) is 0 Å². The van der Waals surface area contributed by atoms with Gasteiger partial charge in [0.25, 0.3) is 5.91 Å². The summed E-state index contributed by atoms with van der Waals surface area (Å²) in [4.78, 5) is 25.0. The molecule has 1 unspecified atom stereocenters. The van der Waals surface area contributed by atoms with Gasteiger partial charge in [0.05, 0.1) is 18.2 Å². The van der Waals surface area contributed by atoms with E-state index in [4.69, 9.17) is 4.84 Å². The second-order valence-electron chi connectivity index (χ2n) is 9.65. The standard InChI is InChI=1S/C29H29F3N4O2/c1-20-7-8-24(17-26(20)27-9-13-38-36(27)19-21-6-5-10-33-18-21)34-28(37)22-14-23(29(30,31)32)16-25(15-22)35-11-3-2-4-12-35/h5-10,13-18,27H,2-4,11-12,19H2,1H3,(H,34,37). The van der Waals surface area contributed by atoms with Crippen molar-refractivity contribution in [2.75, 3.05) is 23.3 Å². The van der Waals surface area contributed by atoms with E-state index in [1.165, 1.54) is 0 Å². The lowest BCUT2D eigenvalue weighted by atomic mass is 9.99. The van der Waals surface area contributed by atoms with E-state index in [9.17, 15) is 18.0 Å². The summed E-state index contributed by atoms with van der Waals surface area (Å²) in [5, 5.41) is 4.61. The molecule has 0 radical (unpaired) electrons. The third-order valence-corrected chi connectivity index (χ3v) is 6.91. The third-order valence-electron chi connectivity index (χ3n) is 6.91. The molecule has 198 valence electrons. The maximum absolute atomic E-state index is 13.7. The fraction of sp³-hybridized carbons (Fsp3) is 0.310. The number of aromatic nitrogens is 1. The fourth-order valence-corrected chi connectivity index (χ4v) is 4.90. The average Bonchev–Trinajstić information content (AvgIpc) is 3.38. The van der Waals surface area contributed by atoms with Gasteiger partial charge in [0.1, 0.15) is 6.26 Å². The third kappa shape index (κ3) is 5.83. The molecule has 0 bridgehead atoms. The van der Waals surface area contributed by atoms with Crippen molar-refractivity contribution in [3.63, 3.8) is 0 Å². The molecule has 2 aromatic carbocycles. The predicted molar refractivity (Wildman–Crippen MR) is 139 cm³/mol. The van der Waals surface area contributed by atoms with Crippen LogP contribution in [-0.2, 0) is 17.6 Å².